The van der Waals surface area contributed by atoms with Crippen molar-refractivity contribution < 1.29 is 14.6 Å². The number of fused-ring (bicyclic) bond motifs is 2. The van der Waals surface area contributed by atoms with Crippen molar-refractivity contribution in [2.45, 2.75) is 101 Å². The van der Waals surface area contributed by atoms with Gasteiger partial charge in [0.05, 0.1) is 5.41 Å². The van der Waals surface area contributed by atoms with Crippen molar-refractivity contribution in [1.82, 2.24) is 0 Å². The van der Waals surface area contributed by atoms with Crippen molar-refractivity contribution in [3.8, 4) is 44.9 Å². The van der Waals surface area contributed by atoms with Crippen LogP contribution in [-0.2, 0) is 43.3 Å². The maximum atomic E-state index is 14.2. The van der Waals surface area contributed by atoms with Gasteiger partial charge in [0.1, 0.15) is 11.5 Å². The number of benzene rings is 6. The summed E-state index contributed by atoms with van der Waals surface area (Å²) in [4.78, 5) is 14.2. The number of ether oxygens (including phenoxy) is 1. The van der Waals surface area contributed by atoms with Crippen LogP contribution < -0.4 is 4.74 Å². The highest BCUT2D eigenvalue weighted by molar-refractivity contribution is 9.10. The average Bonchev–Trinajstić information content (AvgIpc) is 3.16. The van der Waals surface area contributed by atoms with Gasteiger partial charge in [0, 0.05) is 26.7 Å². The van der Waals surface area contributed by atoms with Crippen LogP contribution in [0.4, 0.5) is 0 Å². The zero-order chi connectivity index (χ0) is 38.2. The second kappa shape index (κ2) is 15.5. The average molecular weight is 770 g/mol. The van der Waals surface area contributed by atoms with Gasteiger partial charge in [0.15, 0.2) is 0 Å². The molecule has 0 bridgehead atoms. The molecule has 0 spiro atoms. The van der Waals surface area contributed by atoms with E-state index in [0.717, 1.165) is 92.4 Å². The number of halogens is 1. The van der Waals surface area contributed by atoms with Gasteiger partial charge in [-0.05, 0) is 150 Å². The van der Waals surface area contributed by atoms with Gasteiger partial charge in [-0.3, -0.25) is 4.79 Å². The van der Waals surface area contributed by atoms with Crippen molar-refractivity contribution in [1.29, 1.82) is 0 Å². The van der Waals surface area contributed by atoms with Gasteiger partial charge in [0.2, 0.25) is 0 Å². The van der Waals surface area contributed by atoms with Crippen molar-refractivity contribution in [2.75, 3.05) is 0 Å². The fourth-order valence-electron chi connectivity index (χ4n) is 7.82. The van der Waals surface area contributed by atoms with E-state index in [1.165, 1.54) is 33.4 Å². The van der Waals surface area contributed by atoms with Crippen molar-refractivity contribution in [2.24, 2.45) is 5.41 Å². The Balaban J connectivity index is 1.87. The number of aryl methyl sites for hydroxylation is 6. The third kappa shape index (κ3) is 7.15. The Labute approximate surface area is 324 Å². The number of carbonyl (C=O) groups excluding carboxylic acids is 1. The molecular weight excluding hydrogens is 716 g/mol. The van der Waals surface area contributed by atoms with Crippen LogP contribution in [0.2, 0.25) is 0 Å². The van der Waals surface area contributed by atoms with E-state index in [9.17, 15) is 9.90 Å². The first-order chi connectivity index (χ1) is 25.4. The Morgan fingerprint density at radius 2 is 1.08 bits per heavy atom. The van der Waals surface area contributed by atoms with Gasteiger partial charge in [-0.15, -0.1) is 0 Å². The van der Waals surface area contributed by atoms with Crippen LogP contribution in [0.15, 0.2) is 83.3 Å². The molecule has 4 heteroatoms. The number of carbonyl (C=O) groups is 1. The van der Waals surface area contributed by atoms with Gasteiger partial charge in [0.25, 0.3) is 0 Å². The minimum Gasteiger partial charge on any atom is -0.507 e. The molecule has 0 radical (unpaired) electrons. The first kappa shape index (κ1) is 38.3. The molecule has 0 unspecified atom stereocenters. The van der Waals surface area contributed by atoms with E-state index in [4.69, 9.17) is 4.74 Å². The summed E-state index contributed by atoms with van der Waals surface area (Å²) in [5.74, 6) is 0.356. The smallest absolute Gasteiger partial charge is 0.316 e. The summed E-state index contributed by atoms with van der Waals surface area (Å²) in [6, 6.07) is 28.1. The Hall–Kier alpha value is -4.41. The molecule has 1 N–H and O–H groups in total. The van der Waals surface area contributed by atoms with E-state index in [2.05, 4.69) is 124 Å². The minimum absolute atomic E-state index is 0.191. The predicted octanol–water partition coefficient (Wildman–Crippen LogP) is 13.8. The SMILES string of the molecule is CCc1cc(CC)c(-c2cc3cc(Br)ccc3c(-c3c(OC(=O)C(C)(C)C)c(-c4c(CC)cc(CC)cc4CC)cc4ccccc34)c2O)c(CC)c1. The number of phenolic OH excluding ortho intramolecular Hbond substituents is 1. The summed E-state index contributed by atoms with van der Waals surface area (Å²) in [7, 11) is 0. The van der Waals surface area contributed by atoms with Crippen molar-refractivity contribution in [3.05, 3.63) is 117 Å². The summed E-state index contributed by atoms with van der Waals surface area (Å²) in [6.07, 6.45) is 5.22. The van der Waals surface area contributed by atoms with Crippen LogP contribution >= 0.6 is 15.9 Å². The third-order valence-corrected chi connectivity index (χ3v) is 11.2. The molecule has 6 rings (SSSR count). The third-order valence-electron chi connectivity index (χ3n) is 10.7. The van der Waals surface area contributed by atoms with E-state index in [1.807, 2.05) is 32.9 Å². The van der Waals surface area contributed by atoms with Crippen LogP contribution in [0, 0.1) is 5.41 Å². The Bertz CT molecular complexity index is 2310. The largest absolute Gasteiger partial charge is 0.507 e. The van der Waals surface area contributed by atoms with Gasteiger partial charge in [-0.2, -0.15) is 0 Å². The quantitative estimate of drug-likeness (QED) is 0.111. The van der Waals surface area contributed by atoms with Crippen LogP contribution in [0.3, 0.4) is 0 Å². The Kier molecular flexibility index (Phi) is 11.2. The highest BCUT2D eigenvalue weighted by Crippen LogP contribution is 2.54. The minimum atomic E-state index is -0.767. The molecular formula is C49H53BrO3. The summed E-state index contributed by atoms with van der Waals surface area (Å²) in [6.45, 7) is 18.8. The highest BCUT2D eigenvalue weighted by Gasteiger charge is 2.31. The van der Waals surface area contributed by atoms with Gasteiger partial charge in [-0.25, -0.2) is 0 Å². The monoisotopic (exact) mass is 768 g/mol. The maximum Gasteiger partial charge on any atom is 0.316 e. The molecule has 0 aliphatic heterocycles. The van der Waals surface area contributed by atoms with Crippen LogP contribution in [-0.4, -0.2) is 11.1 Å². The molecule has 3 nitrogen and oxygen atoms in total. The van der Waals surface area contributed by atoms with Crippen LogP contribution in [0.1, 0.15) is 95.7 Å². The lowest BCUT2D eigenvalue weighted by Crippen LogP contribution is -2.26. The topological polar surface area (TPSA) is 46.5 Å². The molecule has 0 fully saturated rings. The molecule has 6 aromatic carbocycles. The first-order valence-corrected chi connectivity index (χ1v) is 20.2. The molecule has 0 amide bonds. The van der Waals surface area contributed by atoms with E-state index in [0.29, 0.717) is 11.3 Å². The van der Waals surface area contributed by atoms with E-state index < -0.39 is 5.41 Å². The Morgan fingerprint density at radius 3 is 1.58 bits per heavy atom. The molecule has 0 atom stereocenters. The zero-order valence-corrected chi connectivity index (χ0v) is 34.5. The van der Waals surface area contributed by atoms with E-state index in [-0.39, 0.29) is 11.7 Å². The standard InChI is InChI=1S/C49H53BrO3/c1-10-29-22-31(12-3)42(32(13-4)23-29)40-28-36-26-37(50)20-21-39(36)44(46(40)51)45-38-19-17-16-18-35(38)27-41(47(45)53-48(52)49(7,8)9)43-33(14-5)24-30(11-2)25-34(43)15-6/h16-28,51H,10-15H2,1-9H3. The summed E-state index contributed by atoms with van der Waals surface area (Å²) < 4.78 is 7.70. The van der Waals surface area contributed by atoms with E-state index >= 15 is 0 Å². The maximum absolute atomic E-state index is 14.2. The van der Waals surface area contributed by atoms with Crippen LogP contribution in [0.5, 0.6) is 11.5 Å². The van der Waals surface area contributed by atoms with Crippen LogP contribution in [0.25, 0.3) is 54.9 Å². The number of aromatic hydroxyl groups is 1. The predicted molar refractivity (Wildman–Crippen MR) is 228 cm³/mol. The molecule has 0 aliphatic rings. The first-order valence-electron chi connectivity index (χ1n) is 19.4. The van der Waals surface area contributed by atoms with Crippen molar-refractivity contribution in [3.63, 3.8) is 0 Å². The van der Waals surface area contributed by atoms with E-state index in [1.54, 1.807) is 0 Å². The van der Waals surface area contributed by atoms with Gasteiger partial charge >= 0.3 is 5.97 Å². The molecule has 53 heavy (non-hydrogen) atoms. The van der Waals surface area contributed by atoms with Gasteiger partial charge < -0.3 is 9.84 Å². The summed E-state index contributed by atoms with van der Waals surface area (Å²) >= 11 is 3.75. The lowest BCUT2D eigenvalue weighted by molar-refractivity contribution is -0.142. The number of hydrogen-bond acceptors (Lipinski definition) is 3. The fraction of sp³-hybridized carbons (Fsp3) is 0.327. The lowest BCUT2D eigenvalue weighted by atomic mass is 9.82. The highest BCUT2D eigenvalue weighted by atomic mass is 79.9. The molecule has 0 aliphatic carbocycles. The summed E-state index contributed by atoms with van der Waals surface area (Å²) in [5, 5.41) is 16.8. The number of esters is 1. The number of rotatable bonds is 10. The normalized spacial score (nSPS) is 11.8. The molecule has 0 heterocycles. The second-order valence-electron chi connectivity index (χ2n) is 15.2. The number of hydrogen-bond donors (Lipinski definition) is 1. The molecule has 0 aromatic heterocycles. The lowest BCUT2D eigenvalue weighted by Gasteiger charge is -2.26. The zero-order valence-electron chi connectivity index (χ0n) is 32.9. The second-order valence-corrected chi connectivity index (χ2v) is 16.1. The van der Waals surface area contributed by atoms with Gasteiger partial charge in [-0.1, -0.05) is 112 Å². The molecule has 0 saturated heterocycles. The van der Waals surface area contributed by atoms with Crippen molar-refractivity contribution >= 4 is 43.4 Å². The number of phenols is 1. The summed E-state index contributed by atoms with van der Waals surface area (Å²) in [5.41, 5.74) is 12.0. The molecule has 274 valence electrons. The Morgan fingerprint density at radius 1 is 0.585 bits per heavy atom. The fourth-order valence-corrected chi connectivity index (χ4v) is 8.20. The molecule has 6 aromatic rings. The molecule has 0 saturated carbocycles.